The Morgan fingerprint density at radius 1 is 1.25 bits per heavy atom. The predicted octanol–water partition coefficient (Wildman–Crippen LogP) is 0.404. The first kappa shape index (κ1) is 13.9. The fraction of sp³-hybridized carbons (Fsp3) is 1.00. The Kier molecular flexibility index (Phi) is 6.91. The number of hydrogen-bond donors (Lipinski definition) is 0. The molecule has 0 amide bonds. The summed E-state index contributed by atoms with van der Waals surface area (Å²) in [5.41, 5.74) is 0. The van der Waals surface area contributed by atoms with Gasteiger partial charge in [-0.2, -0.15) is 0 Å². The maximum absolute atomic E-state index is 5.71. The molecular weight excluding hydrogens is 210 g/mol. The highest BCUT2D eigenvalue weighted by Crippen LogP contribution is 2.14. The second-order valence-electron chi connectivity index (χ2n) is 3.90. The summed E-state index contributed by atoms with van der Waals surface area (Å²) >= 11 is 0. The Morgan fingerprint density at radius 2 is 2.06 bits per heavy atom. The molecule has 3 atom stereocenters. The molecule has 1 aliphatic rings. The van der Waals surface area contributed by atoms with Crippen LogP contribution >= 0.6 is 0 Å². The highest BCUT2D eigenvalue weighted by Gasteiger charge is 2.27. The quantitative estimate of drug-likeness (QED) is 0.449. The minimum absolute atomic E-state index is 0.165. The van der Waals surface area contributed by atoms with Crippen molar-refractivity contribution in [2.24, 2.45) is 0 Å². The first-order valence-corrected chi connectivity index (χ1v) is 5.67. The lowest BCUT2D eigenvalue weighted by molar-refractivity contribution is -0.161. The lowest BCUT2D eigenvalue weighted by Crippen LogP contribution is -2.24. The molecule has 95 valence electrons. The molecule has 0 spiro atoms. The van der Waals surface area contributed by atoms with Gasteiger partial charge in [0.05, 0.1) is 32.0 Å². The summed E-state index contributed by atoms with van der Waals surface area (Å²) in [6.07, 6.45) is 0.889. The molecule has 3 unspecified atom stereocenters. The Bertz CT molecular complexity index is 179. The Balaban J connectivity index is 2.08. The van der Waals surface area contributed by atoms with Gasteiger partial charge >= 0.3 is 0 Å². The third kappa shape index (κ3) is 5.23. The average molecular weight is 232 g/mol. The molecule has 1 rings (SSSR count). The van der Waals surface area contributed by atoms with E-state index in [9.17, 15) is 0 Å². The summed E-state index contributed by atoms with van der Waals surface area (Å²) in [5.74, 6) is 0. The summed E-state index contributed by atoms with van der Waals surface area (Å²) in [4.78, 5) is 0. The predicted molar refractivity (Wildman–Crippen MR) is 59.4 cm³/mol. The second kappa shape index (κ2) is 7.97. The van der Waals surface area contributed by atoms with Crippen molar-refractivity contribution in [2.45, 2.75) is 31.8 Å². The molecule has 0 aromatic carbocycles. The van der Waals surface area contributed by atoms with Crippen molar-refractivity contribution in [1.82, 2.24) is 5.32 Å². The highest BCUT2D eigenvalue weighted by molar-refractivity contribution is 4.81. The van der Waals surface area contributed by atoms with Gasteiger partial charge in [-0.25, -0.2) is 5.32 Å². The van der Waals surface area contributed by atoms with Crippen LogP contribution in [0.5, 0.6) is 0 Å². The van der Waals surface area contributed by atoms with E-state index in [-0.39, 0.29) is 18.4 Å². The van der Waals surface area contributed by atoms with Gasteiger partial charge in [0.2, 0.25) is 0 Å². The monoisotopic (exact) mass is 232 g/mol. The van der Waals surface area contributed by atoms with Gasteiger partial charge in [0.1, 0.15) is 0 Å². The van der Waals surface area contributed by atoms with Gasteiger partial charge in [-0.15, -0.1) is 0 Å². The zero-order valence-electron chi connectivity index (χ0n) is 10.3. The molecule has 1 heterocycles. The van der Waals surface area contributed by atoms with Crippen LogP contribution in [0.4, 0.5) is 0 Å². The van der Waals surface area contributed by atoms with E-state index in [1.807, 2.05) is 6.92 Å². The Morgan fingerprint density at radius 3 is 2.75 bits per heavy atom. The molecule has 0 aliphatic carbocycles. The Hall–Kier alpha value is -0.200. The van der Waals surface area contributed by atoms with Gasteiger partial charge in [0, 0.05) is 20.8 Å². The van der Waals surface area contributed by atoms with Crippen LogP contribution in [-0.2, 0) is 18.9 Å². The van der Waals surface area contributed by atoms with Gasteiger partial charge < -0.3 is 18.9 Å². The molecule has 0 aromatic rings. The van der Waals surface area contributed by atoms with E-state index < -0.39 is 0 Å². The first-order chi connectivity index (χ1) is 7.76. The first-order valence-electron chi connectivity index (χ1n) is 5.67. The van der Waals surface area contributed by atoms with E-state index in [1.165, 1.54) is 0 Å². The van der Waals surface area contributed by atoms with Crippen LogP contribution in [-0.4, -0.2) is 59.0 Å². The SMILES string of the molecule is COCCOC(C)OC1C[N]C(COC)C1. The maximum atomic E-state index is 5.71. The summed E-state index contributed by atoms with van der Waals surface area (Å²) < 4.78 is 21.1. The van der Waals surface area contributed by atoms with Gasteiger partial charge in [-0.1, -0.05) is 0 Å². The summed E-state index contributed by atoms with van der Waals surface area (Å²) in [7, 11) is 3.35. The van der Waals surface area contributed by atoms with Gasteiger partial charge in [0.15, 0.2) is 6.29 Å². The highest BCUT2D eigenvalue weighted by atomic mass is 16.7. The van der Waals surface area contributed by atoms with Crippen molar-refractivity contribution < 1.29 is 18.9 Å². The Labute approximate surface area is 97.4 Å². The largest absolute Gasteiger partial charge is 0.383 e. The number of rotatable bonds is 8. The zero-order valence-corrected chi connectivity index (χ0v) is 10.3. The van der Waals surface area contributed by atoms with Crippen LogP contribution < -0.4 is 5.32 Å². The van der Waals surface area contributed by atoms with Crippen LogP contribution in [0.1, 0.15) is 13.3 Å². The summed E-state index contributed by atoms with van der Waals surface area (Å²) in [6.45, 7) is 4.47. The van der Waals surface area contributed by atoms with Crippen LogP contribution in [0.25, 0.3) is 0 Å². The van der Waals surface area contributed by atoms with E-state index >= 15 is 0 Å². The lowest BCUT2D eigenvalue weighted by atomic mass is 10.2. The number of hydrogen-bond acceptors (Lipinski definition) is 4. The van der Waals surface area contributed by atoms with E-state index in [0.717, 1.165) is 13.0 Å². The standard InChI is InChI=1S/C11H22NO4/c1-9(15-5-4-13-2)16-11-6-10(8-14-3)12-7-11/h9-11H,4-8H2,1-3H3. The molecule has 0 N–H and O–H groups in total. The summed E-state index contributed by atoms with van der Waals surface area (Å²) in [5, 5.41) is 4.43. The van der Waals surface area contributed by atoms with Crippen LogP contribution in [0.2, 0.25) is 0 Å². The lowest BCUT2D eigenvalue weighted by Gasteiger charge is -2.18. The van der Waals surface area contributed by atoms with Crippen molar-refractivity contribution in [3.63, 3.8) is 0 Å². The third-order valence-corrected chi connectivity index (χ3v) is 2.49. The van der Waals surface area contributed by atoms with Crippen molar-refractivity contribution in [3.05, 3.63) is 0 Å². The molecule has 1 fully saturated rings. The minimum atomic E-state index is -0.198. The molecule has 0 aromatic heterocycles. The van der Waals surface area contributed by atoms with Crippen molar-refractivity contribution >= 4 is 0 Å². The molecule has 0 bridgehead atoms. The maximum Gasteiger partial charge on any atom is 0.155 e. The topological polar surface area (TPSA) is 51.0 Å². The van der Waals surface area contributed by atoms with Gasteiger partial charge in [-0.3, -0.25) is 0 Å². The molecule has 0 saturated carbocycles. The van der Waals surface area contributed by atoms with E-state index in [0.29, 0.717) is 19.8 Å². The van der Waals surface area contributed by atoms with Gasteiger partial charge in [0.25, 0.3) is 0 Å². The minimum Gasteiger partial charge on any atom is -0.383 e. The summed E-state index contributed by atoms with van der Waals surface area (Å²) in [6, 6.07) is 0.279. The molecular formula is C11H22NO4. The van der Waals surface area contributed by atoms with E-state index in [4.69, 9.17) is 18.9 Å². The van der Waals surface area contributed by atoms with Gasteiger partial charge in [-0.05, 0) is 13.3 Å². The molecule has 5 heteroatoms. The molecule has 1 radical (unpaired) electrons. The van der Waals surface area contributed by atoms with E-state index in [2.05, 4.69) is 5.32 Å². The fourth-order valence-corrected chi connectivity index (χ4v) is 1.74. The van der Waals surface area contributed by atoms with Crippen molar-refractivity contribution in [3.8, 4) is 0 Å². The van der Waals surface area contributed by atoms with Crippen LogP contribution in [0.15, 0.2) is 0 Å². The van der Waals surface area contributed by atoms with E-state index in [1.54, 1.807) is 14.2 Å². The molecule has 5 nitrogen and oxygen atoms in total. The smallest absolute Gasteiger partial charge is 0.155 e. The van der Waals surface area contributed by atoms with Crippen LogP contribution in [0, 0.1) is 0 Å². The average Bonchev–Trinajstić information content (AvgIpc) is 2.66. The normalized spacial score (nSPS) is 27.2. The fourth-order valence-electron chi connectivity index (χ4n) is 1.74. The number of methoxy groups -OCH3 is 2. The third-order valence-electron chi connectivity index (χ3n) is 2.49. The van der Waals surface area contributed by atoms with Crippen molar-refractivity contribution in [1.29, 1.82) is 0 Å². The number of ether oxygens (including phenoxy) is 4. The molecule has 1 aliphatic heterocycles. The zero-order chi connectivity index (χ0) is 11.8. The molecule has 16 heavy (non-hydrogen) atoms. The second-order valence-corrected chi connectivity index (χ2v) is 3.90. The van der Waals surface area contributed by atoms with Crippen molar-refractivity contribution in [2.75, 3.05) is 40.6 Å². The number of nitrogens with zero attached hydrogens (tertiary/aromatic N) is 1. The molecule has 1 saturated heterocycles. The van der Waals surface area contributed by atoms with Crippen LogP contribution in [0.3, 0.4) is 0 Å².